The summed E-state index contributed by atoms with van der Waals surface area (Å²) >= 11 is 0. The molecule has 6 amide bonds. The zero-order valence-electron chi connectivity index (χ0n) is 44.7. The Morgan fingerprint density at radius 1 is 0.792 bits per heavy atom. The van der Waals surface area contributed by atoms with E-state index in [1.54, 1.807) is 52.9 Å². The molecule has 0 aromatic heterocycles. The maximum Gasteiger partial charge on any atom is 0.260 e. The summed E-state index contributed by atoms with van der Waals surface area (Å²) in [5.41, 5.74) is 0.565. The third-order valence-corrected chi connectivity index (χ3v) is 16.7. The number of amides is 6. The number of sulfonamides is 1. The molecule has 1 saturated carbocycles. The number of rotatable bonds is 27. The highest BCUT2D eigenvalue weighted by molar-refractivity contribution is 7.90. The number of carbonyl (C=O) groups excluding carboxylic acids is 6. The van der Waals surface area contributed by atoms with E-state index in [1.165, 1.54) is 14.2 Å². The van der Waals surface area contributed by atoms with Crippen molar-refractivity contribution in [2.75, 3.05) is 61.6 Å². The number of piperidine rings is 1. The van der Waals surface area contributed by atoms with Crippen LogP contribution in [0.3, 0.4) is 0 Å². The number of aliphatic hydroxyl groups is 2. The number of likely N-dealkylation sites (N-methyl/N-ethyl adjacent to an activating group) is 2. The molecule has 1 aromatic rings. The lowest BCUT2D eigenvalue weighted by atomic mass is 9.89. The number of nitrogens with zero attached hydrogens (tertiary/aromatic N) is 4. The van der Waals surface area contributed by atoms with E-state index in [0.29, 0.717) is 75.9 Å². The first-order chi connectivity index (χ1) is 33.9. The normalized spacial score (nSPS) is 20.1. The van der Waals surface area contributed by atoms with Gasteiger partial charge in [-0.05, 0) is 88.1 Å². The third-order valence-electron chi connectivity index (χ3n) is 14.8. The third kappa shape index (κ3) is 16.0. The van der Waals surface area contributed by atoms with Gasteiger partial charge in [-0.15, -0.1) is 0 Å². The fourth-order valence-corrected chi connectivity index (χ4v) is 11.6. The van der Waals surface area contributed by atoms with Crippen LogP contribution in [0.5, 0.6) is 5.75 Å². The molecule has 0 spiro atoms. The predicted octanol–water partition coefficient (Wildman–Crippen LogP) is 1.90. The van der Waals surface area contributed by atoms with Crippen LogP contribution in [-0.2, 0) is 54.7 Å². The Kier molecular flexibility index (Phi) is 22.7. The molecule has 1 aliphatic carbocycles. The Labute approximate surface area is 427 Å². The van der Waals surface area contributed by atoms with Crippen molar-refractivity contribution in [2.45, 2.75) is 160 Å². The minimum atomic E-state index is -3.98. The van der Waals surface area contributed by atoms with Crippen LogP contribution in [0.2, 0.25) is 0 Å². The second kappa shape index (κ2) is 27.2. The maximum absolute atomic E-state index is 14.5. The van der Waals surface area contributed by atoms with Gasteiger partial charge in [0, 0.05) is 53.2 Å². The molecule has 9 atom stereocenters. The summed E-state index contributed by atoms with van der Waals surface area (Å²) in [6, 6.07) is 2.83. The van der Waals surface area contributed by atoms with E-state index in [-0.39, 0.29) is 66.7 Å². The quantitative estimate of drug-likeness (QED) is 0.0790. The summed E-state index contributed by atoms with van der Waals surface area (Å²) < 4.78 is 45.8. The van der Waals surface area contributed by atoms with Crippen LogP contribution in [-0.4, -0.2) is 189 Å². The first-order valence-electron chi connectivity index (χ1n) is 25.7. The average Bonchev–Trinajstić information content (AvgIpc) is 4.10. The predicted molar refractivity (Wildman–Crippen MR) is 270 cm³/mol. The Morgan fingerprint density at radius 2 is 1.42 bits per heavy atom. The van der Waals surface area contributed by atoms with Crippen LogP contribution >= 0.6 is 0 Å². The summed E-state index contributed by atoms with van der Waals surface area (Å²) in [7, 11) is 4.33. The Balaban J connectivity index is 1.47. The fraction of sp³-hybridized carbons (Fsp3) is 0.765. The Hall–Kier alpha value is -4.41. The molecule has 3 aliphatic rings. The molecule has 20 nitrogen and oxygen atoms in total. The molecule has 2 aliphatic heterocycles. The van der Waals surface area contributed by atoms with Crippen LogP contribution < -0.4 is 20.1 Å². The lowest BCUT2D eigenvalue weighted by molar-refractivity contribution is -0.148. The molecule has 408 valence electrons. The van der Waals surface area contributed by atoms with E-state index in [9.17, 15) is 47.4 Å². The van der Waals surface area contributed by atoms with Gasteiger partial charge in [0.25, 0.3) is 11.8 Å². The van der Waals surface area contributed by atoms with Gasteiger partial charge in [0.2, 0.25) is 33.7 Å². The largest absolute Gasteiger partial charge is 0.484 e. The van der Waals surface area contributed by atoms with Gasteiger partial charge >= 0.3 is 0 Å². The summed E-state index contributed by atoms with van der Waals surface area (Å²) in [5.74, 6) is -3.72. The molecule has 21 heteroatoms. The van der Waals surface area contributed by atoms with Gasteiger partial charge in [-0.2, -0.15) is 0 Å². The van der Waals surface area contributed by atoms with Crippen molar-refractivity contribution in [3.8, 4) is 5.75 Å². The van der Waals surface area contributed by atoms with Crippen molar-refractivity contribution >= 4 is 45.5 Å². The first kappa shape index (κ1) is 60.1. The smallest absolute Gasteiger partial charge is 0.260 e. The van der Waals surface area contributed by atoms with Crippen molar-refractivity contribution in [1.29, 1.82) is 0 Å². The molecule has 3 fully saturated rings. The number of methoxy groups -OCH3 is 2. The van der Waals surface area contributed by atoms with Gasteiger partial charge in [0.05, 0.1) is 47.9 Å². The monoisotopic (exact) mass is 1040 g/mol. The lowest BCUT2D eigenvalue weighted by Gasteiger charge is -2.41. The molecule has 2 heterocycles. The van der Waals surface area contributed by atoms with Crippen molar-refractivity contribution in [3.05, 3.63) is 29.8 Å². The SMILES string of the molecule is CC[C@H](C)[C@@H]([C@@H](CC(=O)N1CCC[C@H]1[C@H](OC)[C@@H](C)C(=O)N[C@@H](Cc1ccc(OCC(=O)N2CCC(C(O)O)CC2)cc1)C(=O)NS(=O)(=O)C1CC1)OC)N(C)C(=O)[C@@H](NC(=O)[C@H](C(C)C)N(C)C)C(C)C. The summed E-state index contributed by atoms with van der Waals surface area (Å²) in [6.07, 6.45) is 0.429. The number of hydrogen-bond donors (Lipinski definition) is 5. The second-order valence-corrected chi connectivity index (χ2v) is 23.0. The van der Waals surface area contributed by atoms with Gasteiger partial charge in [-0.3, -0.25) is 38.4 Å². The highest BCUT2D eigenvalue weighted by atomic mass is 32.2. The van der Waals surface area contributed by atoms with Crippen LogP contribution in [0, 0.1) is 29.6 Å². The van der Waals surface area contributed by atoms with E-state index in [2.05, 4.69) is 15.4 Å². The molecule has 0 radical (unpaired) electrons. The Bertz CT molecular complexity index is 2070. The molecule has 1 aromatic carbocycles. The number of nitrogens with one attached hydrogen (secondary N) is 3. The second-order valence-electron chi connectivity index (χ2n) is 21.0. The lowest BCUT2D eigenvalue weighted by Crippen LogP contribution is -2.59. The van der Waals surface area contributed by atoms with E-state index >= 15 is 0 Å². The zero-order valence-corrected chi connectivity index (χ0v) is 45.5. The number of aliphatic hydroxyl groups excluding tert-OH is 1. The highest BCUT2D eigenvalue weighted by Crippen LogP contribution is 2.31. The number of hydrogen-bond acceptors (Lipinski definition) is 14. The summed E-state index contributed by atoms with van der Waals surface area (Å²) in [6.45, 7) is 14.2. The van der Waals surface area contributed by atoms with Crippen LogP contribution in [0.4, 0.5) is 0 Å². The molecule has 0 unspecified atom stereocenters. The number of likely N-dealkylation sites (tertiary alicyclic amines) is 2. The van der Waals surface area contributed by atoms with E-state index in [1.807, 2.05) is 60.5 Å². The van der Waals surface area contributed by atoms with Crippen LogP contribution in [0.25, 0.3) is 0 Å². The van der Waals surface area contributed by atoms with Gasteiger partial charge in [0.15, 0.2) is 12.9 Å². The van der Waals surface area contributed by atoms with Crippen molar-refractivity contribution in [1.82, 2.24) is 35.0 Å². The molecule has 0 bridgehead atoms. The molecule has 5 N–H and O–H groups in total. The average molecular weight is 1040 g/mol. The number of benzene rings is 1. The zero-order chi connectivity index (χ0) is 53.8. The van der Waals surface area contributed by atoms with Gasteiger partial charge in [-0.25, -0.2) is 8.42 Å². The fourth-order valence-electron chi connectivity index (χ4n) is 10.2. The molecule has 72 heavy (non-hydrogen) atoms. The van der Waals surface area contributed by atoms with Crippen molar-refractivity contribution in [3.63, 3.8) is 0 Å². The highest BCUT2D eigenvalue weighted by Gasteiger charge is 2.44. The topological polar surface area (TPSA) is 254 Å². The van der Waals surface area contributed by atoms with Crippen LogP contribution in [0.1, 0.15) is 105 Å². The molecular weight excluding hydrogens is 951 g/mol. The van der Waals surface area contributed by atoms with Crippen molar-refractivity contribution in [2.24, 2.45) is 29.6 Å². The van der Waals surface area contributed by atoms with Gasteiger partial charge < -0.3 is 49.8 Å². The van der Waals surface area contributed by atoms with E-state index < -0.39 is 81.7 Å². The van der Waals surface area contributed by atoms with Gasteiger partial charge in [-0.1, -0.05) is 67.0 Å². The summed E-state index contributed by atoms with van der Waals surface area (Å²) in [4.78, 5) is 89.9. The molecular formula is C51H85N7O13S. The maximum atomic E-state index is 14.5. The first-order valence-corrected chi connectivity index (χ1v) is 27.2. The Morgan fingerprint density at radius 3 is 1.93 bits per heavy atom. The minimum absolute atomic E-state index is 0.00152. The van der Waals surface area contributed by atoms with Crippen LogP contribution in [0.15, 0.2) is 24.3 Å². The standard InChI is InChI=1S/C51H85N7O13S/c1-13-32(6)45(56(10)50(64)43(30(2)3)53-49(63)44(31(4)5)55(8)9)40(69-11)28-41(59)58-24-14-15-39(58)46(70-12)33(7)47(61)52-38(48(62)54-72(67,68)37-20-21-37)27-34-16-18-36(19-17-34)71-29-42(60)57-25-22-35(23-26-57)51(65)66/h16-19,30-33,35,37-40,43-46,51,65-66H,13-15,20-29H2,1-12H3,(H,52,61)(H,53,63)(H,54,62)/t32-,33+,38-,39-,40+,43-,44-,45-,46+/m0/s1. The van der Waals surface area contributed by atoms with Gasteiger partial charge in [0.1, 0.15) is 17.8 Å². The van der Waals surface area contributed by atoms with Crippen molar-refractivity contribution < 1.29 is 61.6 Å². The van der Waals surface area contributed by atoms with E-state index in [4.69, 9.17) is 14.2 Å². The summed E-state index contributed by atoms with van der Waals surface area (Å²) in [5, 5.41) is 24.0. The minimum Gasteiger partial charge on any atom is -0.484 e. The molecule has 2 saturated heterocycles. The molecule has 4 rings (SSSR count). The number of ether oxygens (including phenoxy) is 3. The number of carbonyl (C=O) groups is 6. The van der Waals surface area contributed by atoms with E-state index in [0.717, 1.165) is 0 Å².